The molecule has 1 N–H and O–H groups in total. The molecule has 5 heteroatoms. The zero-order valence-corrected chi connectivity index (χ0v) is 14.2. The number of H-pyrrole nitrogens is 1. The third-order valence-corrected chi connectivity index (χ3v) is 3.99. The molecule has 4 nitrogen and oxygen atoms in total. The average Bonchev–Trinajstić information content (AvgIpc) is 3.01. The van der Waals surface area contributed by atoms with Crippen LogP contribution in [0.5, 0.6) is 5.75 Å². The van der Waals surface area contributed by atoms with Crippen LogP contribution in [-0.2, 0) is 0 Å². The highest BCUT2D eigenvalue weighted by atomic mass is 19.1. The van der Waals surface area contributed by atoms with Crippen molar-refractivity contribution in [2.75, 3.05) is 6.61 Å². The second kappa shape index (κ2) is 6.99. The number of hydrogen-bond acceptors (Lipinski definition) is 3. The number of rotatable bonds is 6. The van der Waals surface area contributed by atoms with Gasteiger partial charge in [-0.3, -0.25) is 5.10 Å². The Hall–Kier alpha value is -2.43. The van der Waals surface area contributed by atoms with Crippen LogP contribution in [-0.4, -0.2) is 21.8 Å². The van der Waals surface area contributed by atoms with Crippen LogP contribution in [0.2, 0.25) is 0 Å². The molecule has 3 rings (SSSR count). The smallest absolute Gasteiger partial charge is 0.165 e. The minimum atomic E-state index is -0.349. The van der Waals surface area contributed by atoms with E-state index in [0.717, 1.165) is 22.9 Å². The number of aromatic nitrogens is 3. The van der Waals surface area contributed by atoms with Gasteiger partial charge in [-0.05, 0) is 47.6 Å². The molecule has 2 aromatic heterocycles. The fourth-order valence-electron chi connectivity index (χ4n) is 2.99. The Balaban J connectivity index is 1.79. The first-order chi connectivity index (χ1) is 11.5. The van der Waals surface area contributed by atoms with Crippen LogP contribution >= 0.6 is 0 Å². The molecule has 0 saturated carbocycles. The molecule has 0 fully saturated rings. The second-order valence-corrected chi connectivity index (χ2v) is 6.68. The van der Waals surface area contributed by atoms with E-state index in [2.05, 4.69) is 36.0 Å². The summed E-state index contributed by atoms with van der Waals surface area (Å²) < 4.78 is 20.1. The molecule has 0 radical (unpaired) electrons. The molecule has 0 saturated heterocycles. The van der Waals surface area contributed by atoms with Gasteiger partial charge in [-0.15, -0.1) is 0 Å². The van der Waals surface area contributed by atoms with E-state index >= 15 is 0 Å². The number of aromatic amines is 1. The molecule has 1 unspecified atom stereocenters. The highest BCUT2D eigenvalue weighted by Gasteiger charge is 2.12. The van der Waals surface area contributed by atoms with Crippen molar-refractivity contribution in [2.24, 2.45) is 11.8 Å². The topological polar surface area (TPSA) is 50.8 Å². The summed E-state index contributed by atoms with van der Waals surface area (Å²) in [6.45, 7) is 7.00. The monoisotopic (exact) mass is 327 g/mol. The van der Waals surface area contributed by atoms with Crippen LogP contribution in [0.4, 0.5) is 4.39 Å². The average molecular weight is 327 g/mol. The van der Waals surface area contributed by atoms with Gasteiger partial charge in [-0.2, -0.15) is 5.10 Å². The standard InChI is InChI=1S/C19H22FN3O/c1-12(2)8-13(3)11-24-18-5-4-14(9-17(18)20)15-6-7-21-19-16(15)10-22-23-19/h4-7,9-10,12-13H,8,11H2,1-3H3,(H,21,22,23). The molecule has 0 aliphatic heterocycles. The lowest BCUT2D eigenvalue weighted by Crippen LogP contribution is -2.11. The van der Waals surface area contributed by atoms with Gasteiger partial charge in [-0.25, -0.2) is 9.37 Å². The Morgan fingerprint density at radius 2 is 2.04 bits per heavy atom. The third-order valence-electron chi connectivity index (χ3n) is 3.99. The van der Waals surface area contributed by atoms with Gasteiger partial charge in [0.1, 0.15) is 0 Å². The Kier molecular flexibility index (Phi) is 4.79. The molecule has 126 valence electrons. The van der Waals surface area contributed by atoms with Crippen molar-refractivity contribution in [3.8, 4) is 16.9 Å². The lowest BCUT2D eigenvalue weighted by atomic mass is 10.00. The quantitative estimate of drug-likeness (QED) is 0.706. The second-order valence-electron chi connectivity index (χ2n) is 6.68. The van der Waals surface area contributed by atoms with E-state index in [1.807, 2.05) is 12.1 Å². The maximum Gasteiger partial charge on any atom is 0.165 e. The van der Waals surface area contributed by atoms with Crippen molar-refractivity contribution in [3.63, 3.8) is 0 Å². The summed E-state index contributed by atoms with van der Waals surface area (Å²) in [6.07, 6.45) is 4.45. The normalized spacial score (nSPS) is 12.7. The number of hydrogen-bond donors (Lipinski definition) is 1. The molecule has 0 aliphatic carbocycles. The van der Waals surface area contributed by atoms with Crippen LogP contribution < -0.4 is 4.74 Å². The van der Waals surface area contributed by atoms with E-state index in [0.29, 0.717) is 29.8 Å². The maximum absolute atomic E-state index is 14.4. The minimum absolute atomic E-state index is 0.298. The predicted molar refractivity (Wildman–Crippen MR) is 93.4 cm³/mol. The van der Waals surface area contributed by atoms with Gasteiger partial charge in [0, 0.05) is 11.6 Å². The molecule has 0 bridgehead atoms. The highest BCUT2D eigenvalue weighted by Crippen LogP contribution is 2.30. The summed E-state index contributed by atoms with van der Waals surface area (Å²) in [6, 6.07) is 6.93. The first kappa shape index (κ1) is 16.4. The summed E-state index contributed by atoms with van der Waals surface area (Å²) in [4.78, 5) is 4.20. The Morgan fingerprint density at radius 3 is 2.79 bits per heavy atom. The lowest BCUT2D eigenvalue weighted by molar-refractivity contribution is 0.230. The van der Waals surface area contributed by atoms with Crippen LogP contribution in [0, 0.1) is 17.7 Å². The van der Waals surface area contributed by atoms with Gasteiger partial charge in [0.15, 0.2) is 17.2 Å². The first-order valence-electron chi connectivity index (χ1n) is 8.25. The van der Waals surface area contributed by atoms with Gasteiger partial charge in [0.05, 0.1) is 12.8 Å². The number of nitrogens with one attached hydrogen (secondary N) is 1. The summed E-state index contributed by atoms with van der Waals surface area (Å²) in [5, 5.41) is 7.69. The number of pyridine rings is 1. The number of nitrogens with zero attached hydrogens (tertiary/aromatic N) is 2. The number of ether oxygens (including phenoxy) is 1. The van der Waals surface area contributed by atoms with E-state index in [1.54, 1.807) is 18.5 Å². The number of fused-ring (bicyclic) bond motifs is 1. The van der Waals surface area contributed by atoms with E-state index < -0.39 is 0 Å². The molecular formula is C19H22FN3O. The molecule has 3 aromatic rings. The van der Waals surface area contributed by atoms with Crippen LogP contribution in [0.3, 0.4) is 0 Å². The van der Waals surface area contributed by atoms with Crippen LogP contribution in [0.1, 0.15) is 27.2 Å². The van der Waals surface area contributed by atoms with Crippen molar-refractivity contribution in [2.45, 2.75) is 27.2 Å². The molecule has 0 spiro atoms. The van der Waals surface area contributed by atoms with Gasteiger partial charge in [-0.1, -0.05) is 26.8 Å². The summed E-state index contributed by atoms with van der Waals surface area (Å²) >= 11 is 0. The van der Waals surface area contributed by atoms with Gasteiger partial charge >= 0.3 is 0 Å². The van der Waals surface area contributed by atoms with Crippen LogP contribution in [0.25, 0.3) is 22.2 Å². The van der Waals surface area contributed by atoms with E-state index in [4.69, 9.17) is 4.74 Å². The molecule has 1 aromatic carbocycles. The summed E-state index contributed by atoms with van der Waals surface area (Å²) in [7, 11) is 0. The Labute approximate surface area is 141 Å². The van der Waals surface area contributed by atoms with E-state index in [9.17, 15) is 4.39 Å². The highest BCUT2D eigenvalue weighted by molar-refractivity contribution is 5.92. The fourth-order valence-corrected chi connectivity index (χ4v) is 2.99. The molecule has 24 heavy (non-hydrogen) atoms. The molecular weight excluding hydrogens is 305 g/mol. The van der Waals surface area contributed by atoms with Crippen molar-refractivity contribution >= 4 is 11.0 Å². The van der Waals surface area contributed by atoms with Crippen molar-refractivity contribution in [1.29, 1.82) is 0 Å². The summed E-state index contributed by atoms with van der Waals surface area (Å²) in [5.74, 6) is 0.958. The number of halogens is 1. The van der Waals surface area contributed by atoms with E-state index in [1.165, 1.54) is 6.07 Å². The van der Waals surface area contributed by atoms with Gasteiger partial charge in [0.2, 0.25) is 0 Å². The third kappa shape index (κ3) is 3.55. The first-order valence-corrected chi connectivity index (χ1v) is 8.25. The molecule has 0 amide bonds. The van der Waals surface area contributed by atoms with Crippen molar-refractivity contribution in [1.82, 2.24) is 15.2 Å². The summed E-state index contributed by atoms with van der Waals surface area (Å²) in [5.41, 5.74) is 2.37. The minimum Gasteiger partial charge on any atom is -0.490 e. The SMILES string of the molecule is CC(C)CC(C)COc1ccc(-c2ccnc3[nH]ncc23)cc1F. The predicted octanol–water partition coefficient (Wildman–Crippen LogP) is 4.83. The number of benzene rings is 1. The fraction of sp³-hybridized carbons (Fsp3) is 0.368. The van der Waals surface area contributed by atoms with Crippen molar-refractivity contribution in [3.05, 3.63) is 42.5 Å². The molecule has 1 atom stereocenters. The maximum atomic E-state index is 14.4. The Bertz CT molecular complexity index is 828. The zero-order chi connectivity index (χ0) is 17.1. The molecule has 0 aliphatic rings. The van der Waals surface area contributed by atoms with Gasteiger partial charge in [0.25, 0.3) is 0 Å². The van der Waals surface area contributed by atoms with E-state index in [-0.39, 0.29) is 5.82 Å². The lowest BCUT2D eigenvalue weighted by Gasteiger charge is -2.15. The molecule has 2 heterocycles. The zero-order valence-electron chi connectivity index (χ0n) is 14.2. The van der Waals surface area contributed by atoms with Crippen LogP contribution in [0.15, 0.2) is 36.7 Å². The van der Waals surface area contributed by atoms with Crippen molar-refractivity contribution < 1.29 is 9.13 Å². The van der Waals surface area contributed by atoms with Gasteiger partial charge < -0.3 is 4.74 Å². The Morgan fingerprint density at radius 1 is 1.21 bits per heavy atom. The largest absolute Gasteiger partial charge is 0.490 e.